The van der Waals surface area contributed by atoms with Gasteiger partial charge in [-0.25, -0.2) is 0 Å². The van der Waals surface area contributed by atoms with Gasteiger partial charge in [-0.2, -0.15) is 0 Å². The van der Waals surface area contributed by atoms with Crippen molar-refractivity contribution in [3.8, 4) is 0 Å². The van der Waals surface area contributed by atoms with Crippen molar-refractivity contribution in [3.05, 3.63) is 65.5 Å². The molecular weight excluding hydrogens is 396 g/mol. The standard InChI is InChI=1S/C23H24N4O4/c28-20(6-3-13-27-22(30)18-4-1-2-5-19(18)23(27)31)25-17-9-14-26(15-10-17)21(29)16-7-11-24-12-8-16/h1-2,4-5,7-8,11-12,17H,3,6,9-10,13-15H2,(H,25,28). The average Bonchev–Trinajstić information content (AvgIpc) is 3.05. The molecule has 0 radical (unpaired) electrons. The van der Waals surface area contributed by atoms with Crippen LogP contribution in [0.15, 0.2) is 48.8 Å². The summed E-state index contributed by atoms with van der Waals surface area (Å²) >= 11 is 0. The van der Waals surface area contributed by atoms with Crippen LogP contribution in [0.1, 0.15) is 56.8 Å². The zero-order valence-electron chi connectivity index (χ0n) is 17.1. The van der Waals surface area contributed by atoms with Gasteiger partial charge in [-0.05, 0) is 43.5 Å². The van der Waals surface area contributed by atoms with Gasteiger partial charge in [-0.15, -0.1) is 0 Å². The molecule has 160 valence electrons. The fourth-order valence-corrected chi connectivity index (χ4v) is 4.04. The Hall–Kier alpha value is -3.55. The van der Waals surface area contributed by atoms with Crippen LogP contribution < -0.4 is 5.32 Å². The number of imide groups is 1. The van der Waals surface area contributed by atoms with Crippen LogP contribution in [-0.4, -0.2) is 64.1 Å². The van der Waals surface area contributed by atoms with Crippen LogP contribution in [0.3, 0.4) is 0 Å². The summed E-state index contributed by atoms with van der Waals surface area (Å²) in [6.07, 6.45) is 5.24. The molecule has 0 bridgehead atoms. The Bertz CT molecular complexity index is 965. The quantitative estimate of drug-likeness (QED) is 0.720. The fraction of sp³-hybridized carbons (Fsp3) is 0.348. The smallest absolute Gasteiger partial charge is 0.261 e. The van der Waals surface area contributed by atoms with E-state index in [0.717, 1.165) is 0 Å². The summed E-state index contributed by atoms with van der Waals surface area (Å²) in [7, 11) is 0. The minimum absolute atomic E-state index is 0.0203. The van der Waals surface area contributed by atoms with Crippen molar-refractivity contribution in [1.82, 2.24) is 20.1 Å². The molecule has 1 aromatic carbocycles. The number of carbonyl (C=O) groups is 4. The first kappa shape index (κ1) is 20.7. The third-order valence-corrected chi connectivity index (χ3v) is 5.74. The molecule has 2 aliphatic heterocycles. The second kappa shape index (κ2) is 9.07. The summed E-state index contributed by atoms with van der Waals surface area (Å²) in [5, 5.41) is 3.01. The third-order valence-electron chi connectivity index (χ3n) is 5.74. The van der Waals surface area contributed by atoms with Crippen LogP contribution in [-0.2, 0) is 4.79 Å². The number of fused-ring (bicyclic) bond motifs is 1. The minimum atomic E-state index is -0.299. The number of nitrogens with zero attached hydrogens (tertiary/aromatic N) is 3. The van der Waals surface area contributed by atoms with E-state index in [1.165, 1.54) is 4.90 Å². The molecule has 1 aromatic heterocycles. The van der Waals surface area contributed by atoms with Gasteiger partial charge in [0.15, 0.2) is 0 Å². The molecule has 4 amide bonds. The molecule has 0 unspecified atom stereocenters. The van der Waals surface area contributed by atoms with Crippen LogP contribution in [0.5, 0.6) is 0 Å². The lowest BCUT2D eigenvalue weighted by atomic mass is 10.0. The number of piperidine rings is 1. The Morgan fingerprint density at radius 2 is 1.58 bits per heavy atom. The Morgan fingerprint density at radius 1 is 0.968 bits per heavy atom. The molecule has 1 fully saturated rings. The first-order valence-corrected chi connectivity index (χ1v) is 10.5. The number of hydrogen-bond acceptors (Lipinski definition) is 5. The zero-order chi connectivity index (χ0) is 21.8. The number of nitrogens with one attached hydrogen (secondary N) is 1. The Morgan fingerprint density at radius 3 is 2.19 bits per heavy atom. The van der Waals surface area contributed by atoms with Gasteiger partial charge in [0.1, 0.15) is 0 Å². The number of rotatable bonds is 6. The fourth-order valence-electron chi connectivity index (χ4n) is 4.04. The summed E-state index contributed by atoms with van der Waals surface area (Å²) in [4.78, 5) is 56.4. The van der Waals surface area contributed by atoms with E-state index in [1.807, 2.05) is 0 Å². The molecule has 1 N–H and O–H groups in total. The minimum Gasteiger partial charge on any atom is -0.353 e. The topological polar surface area (TPSA) is 99.7 Å². The van der Waals surface area contributed by atoms with E-state index in [-0.39, 0.29) is 42.6 Å². The maximum absolute atomic E-state index is 12.5. The summed E-state index contributed by atoms with van der Waals surface area (Å²) in [6, 6.07) is 10.2. The lowest BCUT2D eigenvalue weighted by Gasteiger charge is -2.32. The van der Waals surface area contributed by atoms with Crippen LogP contribution in [0.25, 0.3) is 0 Å². The normalized spacial score (nSPS) is 16.4. The summed E-state index contributed by atoms with van der Waals surface area (Å²) in [6.45, 7) is 1.39. The molecule has 31 heavy (non-hydrogen) atoms. The highest BCUT2D eigenvalue weighted by Gasteiger charge is 2.34. The molecule has 8 nitrogen and oxygen atoms in total. The van der Waals surface area contributed by atoms with Gasteiger partial charge in [-0.1, -0.05) is 12.1 Å². The van der Waals surface area contributed by atoms with E-state index in [1.54, 1.807) is 53.7 Å². The van der Waals surface area contributed by atoms with Crippen molar-refractivity contribution in [2.75, 3.05) is 19.6 Å². The van der Waals surface area contributed by atoms with Crippen molar-refractivity contribution in [1.29, 1.82) is 0 Å². The number of pyridine rings is 1. The SMILES string of the molecule is O=C(CCCN1C(=O)c2ccccc2C1=O)NC1CCN(C(=O)c2ccncc2)CC1. The molecule has 0 aliphatic carbocycles. The third kappa shape index (κ3) is 4.47. The molecule has 1 saturated heterocycles. The number of benzene rings is 1. The lowest BCUT2D eigenvalue weighted by molar-refractivity contribution is -0.122. The van der Waals surface area contributed by atoms with Gasteiger partial charge in [0.25, 0.3) is 17.7 Å². The van der Waals surface area contributed by atoms with Gasteiger partial charge in [-0.3, -0.25) is 29.1 Å². The summed E-state index contributed by atoms with van der Waals surface area (Å²) < 4.78 is 0. The molecule has 2 aliphatic rings. The molecule has 2 aromatic rings. The Labute approximate surface area is 180 Å². The second-order valence-electron chi connectivity index (χ2n) is 7.78. The van der Waals surface area contributed by atoms with E-state index in [4.69, 9.17) is 0 Å². The number of likely N-dealkylation sites (tertiary alicyclic amines) is 1. The van der Waals surface area contributed by atoms with Crippen molar-refractivity contribution < 1.29 is 19.2 Å². The molecule has 8 heteroatoms. The van der Waals surface area contributed by atoms with E-state index in [2.05, 4.69) is 10.3 Å². The monoisotopic (exact) mass is 420 g/mol. The first-order valence-electron chi connectivity index (χ1n) is 10.5. The van der Waals surface area contributed by atoms with E-state index in [9.17, 15) is 19.2 Å². The highest BCUT2D eigenvalue weighted by atomic mass is 16.2. The predicted molar refractivity (Wildman–Crippen MR) is 112 cm³/mol. The van der Waals surface area contributed by atoms with Gasteiger partial charge in [0, 0.05) is 50.1 Å². The Kier molecular flexibility index (Phi) is 6.06. The van der Waals surface area contributed by atoms with E-state index < -0.39 is 0 Å². The summed E-state index contributed by atoms with van der Waals surface area (Å²) in [5.41, 5.74) is 1.46. The maximum Gasteiger partial charge on any atom is 0.261 e. The predicted octanol–water partition coefficient (Wildman–Crippen LogP) is 1.88. The second-order valence-corrected chi connectivity index (χ2v) is 7.78. The van der Waals surface area contributed by atoms with E-state index >= 15 is 0 Å². The number of amides is 4. The lowest BCUT2D eigenvalue weighted by Crippen LogP contribution is -2.46. The summed E-state index contributed by atoms with van der Waals surface area (Å²) in [5.74, 6) is -0.719. The molecule has 0 atom stereocenters. The molecular formula is C23H24N4O4. The van der Waals surface area contributed by atoms with Crippen molar-refractivity contribution in [3.63, 3.8) is 0 Å². The van der Waals surface area contributed by atoms with Crippen molar-refractivity contribution in [2.45, 2.75) is 31.7 Å². The van der Waals surface area contributed by atoms with Gasteiger partial charge >= 0.3 is 0 Å². The highest BCUT2D eigenvalue weighted by molar-refractivity contribution is 6.21. The first-order chi connectivity index (χ1) is 15.0. The Balaban J connectivity index is 1.19. The van der Waals surface area contributed by atoms with Crippen LogP contribution >= 0.6 is 0 Å². The van der Waals surface area contributed by atoms with Crippen LogP contribution in [0.2, 0.25) is 0 Å². The number of hydrogen-bond donors (Lipinski definition) is 1. The van der Waals surface area contributed by atoms with Crippen LogP contribution in [0, 0.1) is 0 Å². The van der Waals surface area contributed by atoms with Gasteiger partial charge < -0.3 is 10.2 Å². The molecule has 0 saturated carbocycles. The number of aromatic nitrogens is 1. The maximum atomic E-state index is 12.5. The van der Waals surface area contributed by atoms with Gasteiger partial charge in [0.05, 0.1) is 11.1 Å². The van der Waals surface area contributed by atoms with Crippen LogP contribution in [0.4, 0.5) is 0 Å². The highest BCUT2D eigenvalue weighted by Crippen LogP contribution is 2.22. The zero-order valence-corrected chi connectivity index (χ0v) is 17.1. The van der Waals surface area contributed by atoms with Gasteiger partial charge in [0.2, 0.25) is 5.91 Å². The average molecular weight is 420 g/mol. The largest absolute Gasteiger partial charge is 0.353 e. The molecule has 3 heterocycles. The molecule has 0 spiro atoms. The molecule has 4 rings (SSSR count). The van der Waals surface area contributed by atoms with Crippen molar-refractivity contribution in [2.24, 2.45) is 0 Å². The number of carbonyl (C=O) groups excluding carboxylic acids is 4. The van der Waals surface area contributed by atoms with E-state index in [0.29, 0.717) is 49.0 Å². The van der Waals surface area contributed by atoms with Crippen molar-refractivity contribution >= 4 is 23.6 Å².